The Morgan fingerprint density at radius 2 is 1.94 bits per heavy atom. The van der Waals surface area contributed by atoms with Crippen LogP contribution in [0, 0.1) is 0 Å². The maximum Gasteiger partial charge on any atom is 0.0408 e. The largest absolute Gasteiger partial charge is 0.310 e. The van der Waals surface area contributed by atoms with Gasteiger partial charge in [0.15, 0.2) is 0 Å². The van der Waals surface area contributed by atoms with E-state index in [4.69, 9.17) is 11.6 Å². The first kappa shape index (κ1) is 11.3. The van der Waals surface area contributed by atoms with E-state index in [0.29, 0.717) is 12.1 Å². The molecule has 17 heavy (non-hydrogen) atoms. The van der Waals surface area contributed by atoms with Gasteiger partial charge in [0.05, 0.1) is 0 Å². The van der Waals surface area contributed by atoms with E-state index in [9.17, 15) is 0 Å². The van der Waals surface area contributed by atoms with Crippen molar-refractivity contribution in [2.24, 2.45) is 0 Å². The Balaban J connectivity index is 1.63. The van der Waals surface area contributed by atoms with Crippen LogP contribution < -0.4 is 5.32 Å². The quantitative estimate of drug-likeness (QED) is 0.789. The molecule has 2 heteroatoms. The van der Waals surface area contributed by atoms with Crippen LogP contribution >= 0.6 is 11.6 Å². The Bertz CT molecular complexity index is 439. The molecular weight excluding hydrogens is 230 g/mol. The minimum atomic E-state index is 0.611. The van der Waals surface area contributed by atoms with E-state index in [2.05, 4.69) is 29.6 Å². The number of nitrogens with one attached hydrogen (secondary N) is 1. The van der Waals surface area contributed by atoms with Gasteiger partial charge in [0.2, 0.25) is 0 Å². The minimum Gasteiger partial charge on any atom is -0.310 e. The smallest absolute Gasteiger partial charge is 0.0408 e. The molecule has 0 heterocycles. The molecule has 0 bridgehead atoms. The number of hydrogen-bond donors (Lipinski definition) is 1. The van der Waals surface area contributed by atoms with Gasteiger partial charge >= 0.3 is 0 Å². The molecule has 0 saturated heterocycles. The third-order valence-electron chi connectivity index (χ3n) is 3.84. The molecule has 0 radical (unpaired) electrons. The topological polar surface area (TPSA) is 12.0 Å². The lowest BCUT2D eigenvalue weighted by Gasteiger charge is -2.23. The summed E-state index contributed by atoms with van der Waals surface area (Å²) in [5.41, 5.74) is 2.90. The summed E-state index contributed by atoms with van der Waals surface area (Å²) in [5, 5.41) is 4.66. The second-order valence-corrected chi connectivity index (χ2v) is 5.60. The zero-order valence-corrected chi connectivity index (χ0v) is 10.7. The Kier molecular flexibility index (Phi) is 3.21. The molecule has 0 spiro atoms. The van der Waals surface area contributed by atoms with Gasteiger partial charge in [0.1, 0.15) is 0 Å². The van der Waals surface area contributed by atoms with Crippen LogP contribution in [0.2, 0.25) is 5.02 Å². The summed E-state index contributed by atoms with van der Waals surface area (Å²) in [5.74, 6) is 0. The third-order valence-corrected chi connectivity index (χ3v) is 4.08. The van der Waals surface area contributed by atoms with Crippen molar-refractivity contribution in [1.82, 2.24) is 5.32 Å². The highest BCUT2D eigenvalue weighted by atomic mass is 35.5. The Morgan fingerprint density at radius 1 is 1.06 bits per heavy atom. The zero-order valence-electron chi connectivity index (χ0n) is 9.95. The highest BCUT2D eigenvalue weighted by Crippen LogP contribution is 2.26. The standard InChI is InChI=1S/C15H18ClN/c16-13-7-6-11-9-15(10-12(11)8-13)17-14-4-2-1-3-5-14/h1-2,6-8,14-15,17H,3-5,9-10H2. The molecule has 1 N–H and O–H groups in total. The van der Waals surface area contributed by atoms with E-state index in [1.54, 1.807) is 0 Å². The van der Waals surface area contributed by atoms with Gasteiger partial charge in [-0.3, -0.25) is 0 Å². The number of fused-ring (bicyclic) bond motifs is 1. The van der Waals surface area contributed by atoms with E-state index in [-0.39, 0.29) is 0 Å². The van der Waals surface area contributed by atoms with Crippen LogP contribution in [0.3, 0.4) is 0 Å². The maximum atomic E-state index is 6.03. The summed E-state index contributed by atoms with van der Waals surface area (Å²) in [6, 6.07) is 7.60. The van der Waals surface area contributed by atoms with Crippen molar-refractivity contribution in [1.29, 1.82) is 0 Å². The van der Waals surface area contributed by atoms with Gasteiger partial charge in [0.25, 0.3) is 0 Å². The molecule has 0 aromatic heterocycles. The number of allylic oxidation sites excluding steroid dienone is 1. The lowest BCUT2D eigenvalue weighted by Crippen LogP contribution is -2.39. The lowest BCUT2D eigenvalue weighted by atomic mass is 10.0. The van der Waals surface area contributed by atoms with Gasteiger partial charge in [0, 0.05) is 17.1 Å². The first-order valence-corrected chi connectivity index (χ1v) is 6.87. The van der Waals surface area contributed by atoms with Gasteiger partial charge in [-0.25, -0.2) is 0 Å². The fraction of sp³-hybridized carbons (Fsp3) is 0.467. The predicted octanol–water partition coefficient (Wildman–Crippen LogP) is 3.51. The van der Waals surface area contributed by atoms with Crippen molar-refractivity contribution in [3.05, 3.63) is 46.5 Å². The number of rotatable bonds is 2. The molecule has 2 aliphatic carbocycles. The van der Waals surface area contributed by atoms with Crippen LogP contribution in [0.5, 0.6) is 0 Å². The number of hydrogen-bond acceptors (Lipinski definition) is 1. The van der Waals surface area contributed by atoms with Crippen molar-refractivity contribution >= 4 is 11.6 Å². The molecule has 90 valence electrons. The van der Waals surface area contributed by atoms with Gasteiger partial charge in [-0.05, 0) is 55.4 Å². The summed E-state index contributed by atoms with van der Waals surface area (Å²) in [7, 11) is 0. The molecule has 2 unspecified atom stereocenters. The summed E-state index contributed by atoms with van der Waals surface area (Å²) in [4.78, 5) is 0. The predicted molar refractivity (Wildman–Crippen MR) is 72.6 cm³/mol. The molecule has 1 aromatic rings. The van der Waals surface area contributed by atoms with E-state index < -0.39 is 0 Å². The van der Waals surface area contributed by atoms with Gasteiger partial charge in [-0.1, -0.05) is 29.8 Å². The van der Waals surface area contributed by atoms with Crippen molar-refractivity contribution < 1.29 is 0 Å². The van der Waals surface area contributed by atoms with Crippen molar-refractivity contribution in [3.8, 4) is 0 Å². The normalized spacial score (nSPS) is 27.1. The fourth-order valence-corrected chi connectivity index (χ4v) is 3.18. The highest BCUT2D eigenvalue weighted by molar-refractivity contribution is 6.30. The van der Waals surface area contributed by atoms with Crippen LogP contribution in [0.25, 0.3) is 0 Å². The van der Waals surface area contributed by atoms with Crippen LogP contribution in [0.4, 0.5) is 0 Å². The van der Waals surface area contributed by atoms with E-state index in [1.807, 2.05) is 6.07 Å². The van der Waals surface area contributed by atoms with Gasteiger partial charge < -0.3 is 5.32 Å². The molecule has 0 saturated carbocycles. The highest BCUT2D eigenvalue weighted by Gasteiger charge is 2.23. The minimum absolute atomic E-state index is 0.611. The van der Waals surface area contributed by atoms with Crippen LogP contribution in [0.15, 0.2) is 30.4 Å². The average molecular weight is 248 g/mol. The van der Waals surface area contributed by atoms with Crippen LogP contribution in [-0.2, 0) is 12.8 Å². The zero-order chi connectivity index (χ0) is 11.7. The van der Waals surface area contributed by atoms with Crippen molar-refractivity contribution in [3.63, 3.8) is 0 Å². The Hall–Kier alpha value is -0.790. The Morgan fingerprint density at radius 3 is 2.76 bits per heavy atom. The molecule has 2 aliphatic rings. The lowest BCUT2D eigenvalue weighted by molar-refractivity contribution is 0.410. The molecule has 2 atom stereocenters. The third kappa shape index (κ3) is 2.56. The first-order valence-electron chi connectivity index (χ1n) is 6.49. The molecule has 3 rings (SSSR count). The van der Waals surface area contributed by atoms with E-state index >= 15 is 0 Å². The molecule has 1 nitrogen and oxygen atoms in total. The summed E-state index contributed by atoms with van der Waals surface area (Å²) < 4.78 is 0. The molecular formula is C15H18ClN. The SMILES string of the molecule is Clc1ccc2c(c1)CC(NC1CC=CCC1)C2. The fourth-order valence-electron chi connectivity index (χ4n) is 2.98. The average Bonchev–Trinajstić information content (AvgIpc) is 2.71. The van der Waals surface area contributed by atoms with Crippen LogP contribution in [0.1, 0.15) is 30.4 Å². The summed E-state index contributed by atoms with van der Waals surface area (Å²) in [6.45, 7) is 0. The molecule has 1 aromatic carbocycles. The maximum absolute atomic E-state index is 6.03. The van der Waals surface area contributed by atoms with Crippen molar-refractivity contribution in [2.75, 3.05) is 0 Å². The van der Waals surface area contributed by atoms with Gasteiger partial charge in [-0.2, -0.15) is 0 Å². The molecule has 0 aliphatic heterocycles. The molecule has 0 amide bonds. The van der Waals surface area contributed by atoms with E-state index in [1.165, 1.54) is 30.4 Å². The summed E-state index contributed by atoms with van der Waals surface area (Å²) >= 11 is 6.03. The second-order valence-electron chi connectivity index (χ2n) is 5.17. The van der Waals surface area contributed by atoms with Crippen molar-refractivity contribution in [2.45, 2.75) is 44.2 Å². The van der Waals surface area contributed by atoms with E-state index in [0.717, 1.165) is 17.9 Å². The monoisotopic (exact) mass is 247 g/mol. The van der Waals surface area contributed by atoms with Gasteiger partial charge in [-0.15, -0.1) is 0 Å². The summed E-state index contributed by atoms with van der Waals surface area (Å²) in [6.07, 6.45) is 10.6. The number of benzene rings is 1. The second kappa shape index (κ2) is 4.83. The first-order chi connectivity index (χ1) is 8.31. The Labute approximate surface area is 108 Å². The number of halogens is 1. The molecule has 0 fully saturated rings. The van der Waals surface area contributed by atoms with Crippen LogP contribution in [-0.4, -0.2) is 12.1 Å².